The van der Waals surface area contributed by atoms with Crippen LogP contribution in [-0.4, -0.2) is 17.6 Å². The summed E-state index contributed by atoms with van der Waals surface area (Å²) in [5.74, 6) is -0.495. The van der Waals surface area contributed by atoms with Crippen LogP contribution in [0.1, 0.15) is 18.4 Å². The number of aliphatic hydroxyl groups is 1. The molecule has 0 aliphatic heterocycles. The number of hydrogen-bond acceptors (Lipinski definition) is 2. The Hall–Kier alpha value is -1.27. The van der Waals surface area contributed by atoms with Gasteiger partial charge >= 0.3 is 6.18 Å². The van der Waals surface area contributed by atoms with Gasteiger partial charge < -0.3 is 10.4 Å². The number of alkyl halides is 3. The van der Waals surface area contributed by atoms with Crippen molar-refractivity contribution < 1.29 is 23.1 Å². The van der Waals surface area contributed by atoms with E-state index in [0.29, 0.717) is 0 Å². The third kappa shape index (κ3) is 4.19. The van der Waals surface area contributed by atoms with Crippen molar-refractivity contribution in [2.75, 3.05) is 11.9 Å². The van der Waals surface area contributed by atoms with E-state index in [0.717, 1.165) is 18.2 Å². The van der Waals surface area contributed by atoms with Gasteiger partial charge in [0.15, 0.2) is 0 Å². The van der Waals surface area contributed by atoms with Crippen LogP contribution in [0, 0.1) is 0 Å². The summed E-state index contributed by atoms with van der Waals surface area (Å²) in [6, 6.07) is 2.69. The average Bonchev–Trinajstić information content (AvgIpc) is 2.28. The number of aliphatic hydroxyl groups excluding tert-OH is 1. The molecule has 0 aromatic heterocycles. The number of carbonyl (C=O) groups excluding carboxylic acids is 1. The number of carbonyl (C=O) groups is 1. The molecular formula is C11H11ClF3NO2. The molecule has 1 rings (SSSR count). The van der Waals surface area contributed by atoms with Crippen molar-refractivity contribution in [2.24, 2.45) is 0 Å². The molecule has 1 aromatic rings. The van der Waals surface area contributed by atoms with E-state index in [2.05, 4.69) is 5.32 Å². The molecule has 0 atom stereocenters. The van der Waals surface area contributed by atoms with Crippen LogP contribution in [0.5, 0.6) is 0 Å². The summed E-state index contributed by atoms with van der Waals surface area (Å²) < 4.78 is 37.4. The fourth-order valence-electron chi connectivity index (χ4n) is 1.25. The lowest BCUT2D eigenvalue weighted by atomic mass is 10.2. The minimum absolute atomic E-state index is 0.0169. The van der Waals surface area contributed by atoms with Crippen molar-refractivity contribution in [3.63, 3.8) is 0 Å². The Morgan fingerprint density at radius 3 is 2.61 bits per heavy atom. The lowest BCUT2D eigenvalue weighted by molar-refractivity contribution is -0.137. The first kappa shape index (κ1) is 14.8. The molecule has 0 fully saturated rings. The van der Waals surface area contributed by atoms with E-state index in [4.69, 9.17) is 16.7 Å². The highest BCUT2D eigenvalue weighted by Gasteiger charge is 2.31. The van der Waals surface area contributed by atoms with E-state index in [9.17, 15) is 18.0 Å². The predicted molar refractivity (Wildman–Crippen MR) is 61.4 cm³/mol. The van der Waals surface area contributed by atoms with Crippen LogP contribution in [-0.2, 0) is 11.0 Å². The van der Waals surface area contributed by atoms with Gasteiger partial charge in [0, 0.05) is 13.0 Å². The summed E-state index contributed by atoms with van der Waals surface area (Å²) in [7, 11) is 0. The van der Waals surface area contributed by atoms with E-state index >= 15 is 0 Å². The minimum atomic E-state index is -4.49. The molecule has 1 aromatic carbocycles. The lowest BCUT2D eigenvalue weighted by Crippen LogP contribution is -2.13. The van der Waals surface area contributed by atoms with Gasteiger partial charge in [-0.15, -0.1) is 0 Å². The number of hydrogen-bond donors (Lipinski definition) is 2. The molecule has 0 unspecified atom stereocenters. The molecule has 0 saturated carbocycles. The van der Waals surface area contributed by atoms with E-state index in [1.165, 1.54) is 0 Å². The third-order valence-corrected chi connectivity index (χ3v) is 2.46. The molecule has 3 nitrogen and oxygen atoms in total. The van der Waals surface area contributed by atoms with Crippen molar-refractivity contribution in [2.45, 2.75) is 19.0 Å². The topological polar surface area (TPSA) is 49.3 Å². The summed E-state index contributed by atoms with van der Waals surface area (Å²) in [4.78, 5) is 11.3. The molecule has 18 heavy (non-hydrogen) atoms. The standard InChI is InChI=1S/C11H11ClF3NO2/c12-8-4-3-7(11(13,14)15)6-9(8)16-10(18)2-1-5-17/h3-4,6,17H,1-2,5H2,(H,16,18). The summed E-state index contributed by atoms with van der Waals surface area (Å²) in [5, 5.41) is 10.8. The van der Waals surface area contributed by atoms with E-state index < -0.39 is 17.6 Å². The number of amides is 1. The maximum Gasteiger partial charge on any atom is 0.416 e. The Kier molecular flexibility index (Phi) is 4.98. The Morgan fingerprint density at radius 1 is 1.39 bits per heavy atom. The van der Waals surface area contributed by atoms with Gasteiger partial charge in [-0.2, -0.15) is 13.2 Å². The van der Waals surface area contributed by atoms with E-state index in [-0.39, 0.29) is 30.2 Å². The van der Waals surface area contributed by atoms with E-state index in [1.54, 1.807) is 0 Å². The highest BCUT2D eigenvalue weighted by molar-refractivity contribution is 6.33. The Bertz CT molecular complexity index is 435. The number of halogens is 4. The first-order valence-electron chi connectivity index (χ1n) is 5.12. The first-order chi connectivity index (χ1) is 8.34. The number of benzene rings is 1. The molecule has 0 saturated heterocycles. The third-order valence-electron chi connectivity index (χ3n) is 2.13. The molecule has 2 N–H and O–H groups in total. The summed E-state index contributed by atoms with van der Waals surface area (Å²) in [6.07, 6.45) is -4.24. The van der Waals surface area contributed by atoms with Gasteiger partial charge in [-0.1, -0.05) is 11.6 Å². The van der Waals surface area contributed by atoms with Crippen LogP contribution in [0.25, 0.3) is 0 Å². The monoisotopic (exact) mass is 281 g/mol. The quantitative estimate of drug-likeness (QED) is 0.891. The van der Waals surface area contributed by atoms with Gasteiger partial charge in [0.25, 0.3) is 0 Å². The van der Waals surface area contributed by atoms with Crippen LogP contribution in [0.2, 0.25) is 5.02 Å². The smallest absolute Gasteiger partial charge is 0.396 e. The number of nitrogens with one attached hydrogen (secondary N) is 1. The minimum Gasteiger partial charge on any atom is -0.396 e. The number of rotatable bonds is 4. The summed E-state index contributed by atoms with van der Waals surface area (Å²) >= 11 is 5.69. The largest absolute Gasteiger partial charge is 0.416 e. The fraction of sp³-hybridized carbons (Fsp3) is 0.364. The van der Waals surface area contributed by atoms with Gasteiger partial charge in [-0.25, -0.2) is 0 Å². The van der Waals surface area contributed by atoms with Crippen LogP contribution >= 0.6 is 11.6 Å². The predicted octanol–water partition coefficient (Wildman–Crippen LogP) is 3.07. The van der Waals surface area contributed by atoms with Crippen LogP contribution in [0.15, 0.2) is 18.2 Å². The molecule has 0 aliphatic rings. The zero-order valence-corrected chi connectivity index (χ0v) is 9.98. The van der Waals surface area contributed by atoms with Crippen LogP contribution in [0.3, 0.4) is 0 Å². The highest BCUT2D eigenvalue weighted by Crippen LogP contribution is 2.33. The first-order valence-corrected chi connectivity index (χ1v) is 5.50. The number of anilines is 1. The van der Waals surface area contributed by atoms with Gasteiger partial charge in [0.05, 0.1) is 16.3 Å². The van der Waals surface area contributed by atoms with Crippen LogP contribution in [0.4, 0.5) is 18.9 Å². The van der Waals surface area contributed by atoms with Crippen molar-refractivity contribution in [3.8, 4) is 0 Å². The second-order valence-corrected chi connectivity index (χ2v) is 3.97. The summed E-state index contributed by atoms with van der Waals surface area (Å²) in [5.41, 5.74) is -0.973. The molecular weight excluding hydrogens is 271 g/mol. The van der Waals surface area contributed by atoms with E-state index in [1.807, 2.05) is 0 Å². The Morgan fingerprint density at radius 2 is 2.06 bits per heavy atom. The van der Waals surface area contributed by atoms with Crippen LogP contribution < -0.4 is 5.32 Å². The molecule has 100 valence electrons. The molecule has 0 heterocycles. The van der Waals surface area contributed by atoms with Gasteiger partial charge in [-0.05, 0) is 24.6 Å². The van der Waals surface area contributed by atoms with Crippen molar-refractivity contribution in [1.29, 1.82) is 0 Å². The second kappa shape index (κ2) is 6.06. The van der Waals surface area contributed by atoms with Gasteiger partial charge in [0.1, 0.15) is 0 Å². The zero-order valence-electron chi connectivity index (χ0n) is 9.22. The zero-order chi connectivity index (χ0) is 13.8. The molecule has 7 heteroatoms. The maximum atomic E-state index is 12.5. The fourth-order valence-corrected chi connectivity index (χ4v) is 1.41. The normalized spacial score (nSPS) is 11.4. The lowest BCUT2D eigenvalue weighted by Gasteiger charge is -2.11. The summed E-state index contributed by atoms with van der Waals surface area (Å²) in [6.45, 7) is -0.163. The molecule has 0 radical (unpaired) electrons. The van der Waals surface area contributed by atoms with Crippen molar-refractivity contribution >= 4 is 23.2 Å². The molecule has 0 bridgehead atoms. The Labute approximate surface area is 107 Å². The van der Waals surface area contributed by atoms with Gasteiger partial charge in [-0.3, -0.25) is 4.79 Å². The molecule has 1 amide bonds. The van der Waals surface area contributed by atoms with Crippen molar-refractivity contribution in [1.82, 2.24) is 0 Å². The average molecular weight is 282 g/mol. The van der Waals surface area contributed by atoms with Gasteiger partial charge in [0.2, 0.25) is 5.91 Å². The molecule has 0 spiro atoms. The second-order valence-electron chi connectivity index (χ2n) is 3.57. The Balaban J connectivity index is 2.85. The van der Waals surface area contributed by atoms with Crippen molar-refractivity contribution in [3.05, 3.63) is 28.8 Å². The molecule has 0 aliphatic carbocycles. The maximum absolute atomic E-state index is 12.5. The SMILES string of the molecule is O=C(CCCO)Nc1cc(C(F)(F)F)ccc1Cl. The highest BCUT2D eigenvalue weighted by atomic mass is 35.5.